The van der Waals surface area contributed by atoms with Gasteiger partial charge in [-0.05, 0) is 13.3 Å². The molecule has 0 heterocycles. The fourth-order valence-electron chi connectivity index (χ4n) is 1.04. The highest BCUT2D eigenvalue weighted by Crippen LogP contribution is 1.99. The maximum atomic E-state index is 11.4. The number of carbonyl (C=O) groups excluding carboxylic acids is 2. The number of amides is 2. The maximum Gasteiger partial charge on any atom is 0.303 e. The molecule has 0 aliphatic heterocycles. The number of aliphatic carboxylic acids is 1. The van der Waals surface area contributed by atoms with E-state index in [-0.39, 0.29) is 12.8 Å². The molecular formula is C9H17N3O5. The van der Waals surface area contributed by atoms with Crippen LogP contribution in [0.1, 0.15) is 19.8 Å². The standard InChI is InChI=1S/C9H17N3O5/c1-4(13)7(10)9(17)12-5(8(11)16)2-3-6(14)15/h4-5,7,13H,2-3,10H2,1H3,(H2,11,16)(H,12,17)(H,14,15)/t4-,5-,7+/m1/s1. The maximum absolute atomic E-state index is 11.4. The molecule has 2 amide bonds. The van der Waals surface area contributed by atoms with Crippen molar-refractivity contribution >= 4 is 17.8 Å². The van der Waals surface area contributed by atoms with Gasteiger partial charge < -0.3 is 27.0 Å². The zero-order valence-corrected chi connectivity index (χ0v) is 9.42. The summed E-state index contributed by atoms with van der Waals surface area (Å²) in [6.45, 7) is 1.32. The molecule has 8 heteroatoms. The first-order valence-electron chi connectivity index (χ1n) is 5.00. The van der Waals surface area contributed by atoms with Crippen molar-refractivity contribution in [1.29, 1.82) is 0 Å². The van der Waals surface area contributed by atoms with Crippen LogP contribution < -0.4 is 16.8 Å². The predicted molar refractivity (Wildman–Crippen MR) is 57.7 cm³/mol. The number of hydrogen-bond donors (Lipinski definition) is 5. The minimum atomic E-state index is -1.19. The fourth-order valence-corrected chi connectivity index (χ4v) is 1.04. The topological polar surface area (TPSA) is 156 Å². The van der Waals surface area contributed by atoms with Gasteiger partial charge in [-0.2, -0.15) is 0 Å². The van der Waals surface area contributed by atoms with Gasteiger partial charge in [0.25, 0.3) is 0 Å². The number of primary amides is 1. The number of aliphatic hydroxyl groups excluding tert-OH is 1. The number of hydrogen-bond acceptors (Lipinski definition) is 5. The van der Waals surface area contributed by atoms with Crippen molar-refractivity contribution in [3.8, 4) is 0 Å². The summed E-state index contributed by atoms with van der Waals surface area (Å²) in [6, 6.07) is -2.30. The molecule has 0 rings (SSSR count). The van der Waals surface area contributed by atoms with Crippen molar-refractivity contribution in [2.75, 3.05) is 0 Å². The predicted octanol–water partition coefficient (Wildman–Crippen LogP) is -2.47. The van der Waals surface area contributed by atoms with Crippen molar-refractivity contribution < 1.29 is 24.6 Å². The quantitative estimate of drug-likeness (QED) is 0.335. The summed E-state index contributed by atoms with van der Waals surface area (Å²) in [5.74, 6) is -2.71. The molecule has 0 aromatic carbocycles. The Labute approximate surface area is 98.0 Å². The van der Waals surface area contributed by atoms with Crippen LogP contribution in [0, 0.1) is 0 Å². The van der Waals surface area contributed by atoms with Gasteiger partial charge in [0.2, 0.25) is 11.8 Å². The molecule has 3 atom stereocenters. The van der Waals surface area contributed by atoms with Crippen LogP contribution in [-0.2, 0) is 14.4 Å². The molecule has 0 fully saturated rings. The third kappa shape index (κ3) is 5.83. The number of rotatable bonds is 7. The zero-order valence-electron chi connectivity index (χ0n) is 9.42. The summed E-state index contributed by atoms with van der Waals surface area (Å²) in [7, 11) is 0. The number of carboxylic acid groups (broad SMARTS) is 1. The van der Waals surface area contributed by atoms with Crippen molar-refractivity contribution in [1.82, 2.24) is 5.32 Å². The van der Waals surface area contributed by atoms with Crippen LogP contribution in [0.15, 0.2) is 0 Å². The van der Waals surface area contributed by atoms with E-state index >= 15 is 0 Å². The number of carboxylic acids is 1. The van der Waals surface area contributed by atoms with Crippen LogP contribution >= 0.6 is 0 Å². The van der Waals surface area contributed by atoms with Gasteiger partial charge in [0.15, 0.2) is 0 Å². The second-order valence-electron chi connectivity index (χ2n) is 3.66. The van der Waals surface area contributed by atoms with E-state index in [9.17, 15) is 14.4 Å². The van der Waals surface area contributed by atoms with E-state index in [1.807, 2.05) is 0 Å². The van der Waals surface area contributed by atoms with Crippen molar-refractivity contribution in [2.24, 2.45) is 11.5 Å². The van der Waals surface area contributed by atoms with E-state index in [0.717, 1.165) is 0 Å². The Balaban J connectivity index is 4.39. The van der Waals surface area contributed by atoms with Crippen LogP contribution in [0.25, 0.3) is 0 Å². The van der Waals surface area contributed by atoms with E-state index in [2.05, 4.69) is 5.32 Å². The van der Waals surface area contributed by atoms with Crippen LogP contribution in [0.3, 0.4) is 0 Å². The Morgan fingerprint density at radius 3 is 2.24 bits per heavy atom. The summed E-state index contributed by atoms with van der Waals surface area (Å²) in [5, 5.41) is 19.7. The highest BCUT2D eigenvalue weighted by atomic mass is 16.4. The summed E-state index contributed by atoms with van der Waals surface area (Å²) in [4.78, 5) is 32.7. The number of nitrogens with two attached hydrogens (primary N) is 2. The minimum Gasteiger partial charge on any atom is -0.481 e. The lowest BCUT2D eigenvalue weighted by Gasteiger charge is -2.19. The normalized spacial score (nSPS) is 15.7. The van der Waals surface area contributed by atoms with Gasteiger partial charge in [0.1, 0.15) is 12.1 Å². The summed E-state index contributed by atoms with van der Waals surface area (Å²) in [5.41, 5.74) is 10.3. The summed E-state index contributed by atoms with van der Waals surface area (Å²) < 4.78 is 0. The molecular weight excluding hydrogens is 230 g/mol. The van der Waals surface area contributed by atoms with Crippen LogP contribution in [-0.4, -0.2) is 46.2 Å². The lowest BCUT2D eigenvalue weighted by Crippen LogP contribution is -2.53. The smallest absolute Gasteiger partial charge is 0.303 e. The molecule has 8 nitrogen and oxygen atoms in total. The molecule has 98 valence electrons. The average Bonchev–Trinajstić information content (AvgIpc) is 2.21. The van der Waals surface area contributed by atoms with E-state index < -0.39 is 36.0 Å². The average molecular weight is 247 g/mol. The van der Waals surface area contributed by atoms with Gasteiger partial charge in [-0.1, -0.05) is 0 Å². The highest BCUT2D eigenvalue weighted by Gasteiger charge is 2.24. The molecule has 0 aromatic heterocycles. The van der Waals surface area contributed by atoms with Gasteiger partial charge in [-0.25, -0.2) is 0 Å². The lowest BCUT2D eigenvalue weighted by atomic mass is 10.1. The molecule has 7 N–H and O–H groups in total. The van der Waals surface area contributed by atoms with Crippen LogP contribution in [0.2, 0.25) is 0 Å². The number of nitrogens with one attached hydrogen (secondary N) is 1. The molecule has 0 aromatic rings. The summed E-state index contributed by atoms with van der Waals surface area (Å²) in [6.07, 6.45) is -1.51. The van der Waals surface area contributed by atoms with Crippen LogP contribution in [0.5, 0.6) is 0 Å². The SMILES string of the molecule is C[C@@H](O)[C@H](N)C(=O)N[C@H](CCC(=O)O)C(N)=O. The molecule has 0 aliphatic carbocycles. The molecule has 0 radical (unpaired) electrons. The first-order valence-corrected chi connectivity index (χ1v) is 5.00. The molecule has 0 saturated carbocycles. The second-order valence-corrected chi connectivity index (χ2v) is 3.66. The first kappa shape index (κ1) is 15.3. The number of aliphatic hydroxyl groups is 1. The Hall–Kier alpha value is -1.67. The second kappa shape index (κ2) is 6.81. The minimum absolute atomic E-state index is 0.122. The highest BCUT2D eigenvalue weighted by molar-refractivity contribution is 5.89. The van der Waals surface area contributed by atoms with Crippen molar-refractivity contribution in [2.45, 2.75) is 38.0 Å². The lowest BCUT2D eigenvalue weighted by molar-refractivity contribution is -0.138. The monoisotopic (exact) mass is 247 g/mol. The van der Waals surface area contributed by atoms with Crippen molar-refractivity contribution in [3.63, 3.8) is 0 Å². The van der Waals surface area contributed by atoms with E-state index in [1.165, 1.54) is 6.92 Å². The summed E-state index contributed by atoms with van der Waals surface area (Å²) >= 11 is 0. The Kier molecular flexibility index (Phi) is 6.15. The van der Waals surface area contributed by atoms with E-state index in [1.54, 1.807) is 0 Å². The largest absolute Gasteiger partial charge is 0.481 e. The van der Waals surface area contributed by atoms with E-state index in [4.69, 9.17) is 21.7 Å². The van der Waals surface area contributed by atoms with Gasteiger partial charge in [-0.3, -0.25) is 14.4 Å². The van der Waals surface area contributed by atoms with Crippen LogP contribution in [0.4, 0.5) is 0 Å². The Morgan fingerprint density at radius 1 is 1.35 bits per heavy atom. The molecule has 0 spiro atoms. The van der Waals surface area contributed by atoms with Gasteiger partial charge >= 0.3 is 5.97 Å². The van der Waals surface area contributed by atoms with E-state index in [0.29, 0.717) is 0 Å². The first-order chi connectivity index (χ1) is 7.75. The fraction of sp³-hybridized carbons (Fsp3) is 0.667. The Morgan fingerprint density at radius 2 is 1.88 bits per heavy atom. The van der Waals surface area contributed by atoms with Gasteiger partial charge in [0, 0.05) is 6.42 Å². The molecule has 0 aliphatic rings. The third-order valence-electron chi connectivity index (χ3n) is 2.13. The van der Waals surface area contributed by atoms with Gasteiger partial charge in [-0.15, -0.1) is 0 Å². The van der Waals surface area contributed by atoms with Crippen molar-refractivity contribution in [3.05, 3.63) is 0 Å². The van der Waals surface area contributed by atoms with Gasteiger partial charge in [0.05, 0.1) is 6.10 Å². The Bertz CT molecular complexity index is 305. The molecule has 0 unspecified atom stereocenters. The molecule has 0 saturated heterocycles. The number of carbonyl (C=O) groups is 3. The zero-order chi connectivity index (χ0) is 13.6. The molecule has 0 bridgehead atoms. The molecule has 17 heavy (non-hydrogen) atoms. The third-order valence-corrected chi connectivity index (χ3v) is 2.13.